The predicted octanol–water partition coefficient (Wildman–Crippen LogP) is 4.22. The lowest BCUT2D eigenvalue weighted by molar-refractivity contribution is 0.0710. The van der Waals surface area contributed by atoms with Crippen LogP contribution in [0.2, 0.25) is 5.02 Å². The van der Waals surface area contributed by atoms with E-state index in [0.717, 1.165) is 21.6 Å². The summed E-state index contributed by atoms with van der Waals surface area (Å²) in [6.45, 7) is 6.34. The number of halogens is 2. The van der Waals surface area contributed by atoms with Crippen molar-refractivity contribution in [2.45, 2.75) is 38.8 Å². The number of nitrogens with two attached hydrogens (primary N) is 1. The van der Waals surface area contributed by atoms with Gasteiger partial charge in [0.1, 0.15) is 0 Å². The second-order valence-corrected chi connectivity index (χ2v) is 6.84. The zero-order valence-electron chi connectivity index (χ0n) is 11.6. The molecule has 0 saturated carbocycles. The molecule has 0 radical (unpaired) electrons. The molecule has 2 nitrogen and oxygen atoms in total. The molecule has 2 N–H and O–H groups in total. The van der Waals surface area contributed by atoms with Crippen LogP contribution in [0.4, 0.5) is 0 Å². The molecule has 0 spiro atoms. The highest BCUT2D eigenvalue weighted by Crippen LogP contribution is 2.35. The summed E-state index contributed by atoms with van der Waals surface area (Å²) in [5.41, 5.74) is 7.19. The van der Waals surface area contributed by atoms with E-state index in [1.165, 1.54) is 12.8 Å². The Balaban J connectivity index is 2.30. The molecule has 0 aliphatic carbocycles. The third-order valence-corrected chi connectivity index (χ3v) is 5.20. The number of rotatable bonds is 3. The normalized spacial score (nSPS) is 26.4. The van der Waals surface area contributed by atoms with Crippen LogP contribution in [0.15, 0.2) is 22.7 Å². The van der Waals surface area contributed by atoms with Gasteiger partial charge in [-0.2, -0.15) is 0 Å². The van der Waals surface area contributed by atoms with Gasteiger partial charge in [0, 0.05) is 28.1 Å². The minimum Gasteiger partial charge on any atom is -0.329 e. The van der Waals surface area contributed by atoms with Crippen molar-refractivity contribution in [3.05, 3.63) is 33.3 Å². The summed E-state index contributed by atoms with van der Waals surface area (Å²) in [6.07, 6.45) is 2.55. The van der Waals surface area contributed by atoms with Crippen LogP contribution in [0.5, 0.6) is 0 Å². The van der Waals surface area contributed by atoms with Crippen molar-refractivity contribution in [3.8, 4) is 0 Å². The second kappa shape index (κ2) is 6.57. The van der Waals surface area contributed by atoms with E-state index in [-0.39, 0.29) is 6.04 Å². The van der Waals surface area contributed by atoms with Crippen molar-refractivity contribution in [1.82, 2.24) is 4.90 Å². The lowest BCUT2D eigenvalue weighted by atomic mass is 9.89. The molecule has 1 saturated heterocycles. The topological polar surface area (TPSA) is 29.3 Å². The standard InChI is InChI=1S/C15H22BrClN2/c1-10-4-3-7-19(11(10)2)15(9-18)13-8-12(16)5-6-14(13)17/h5-6,8,10-11,15H,3-4,7,9,18H2,1-2H3. The number of piperidine rings is 1. The molecule has 19 heavy (non-hydrogen) atoms. The first-order valence-electron chi connectivity index (χ1n) is 6.95. The number of nitrogens with zero attached hydrogens (tertiary/aromatic N) is 1. The SMILES string of the molecule is CC1CCCN(C(CN)c2cc(Br)ccc2Cl)C1C. The van der Waals surface area contributed by atoms with Gasteiger partial charge >= 0.3 is 0 Å². The Bertz CT molecular complexity index is 438. The molecule has 1 heterocycles. The lowest BCUT2D eigenvalue weighted by Gasteiger charge is -2.43. The monoisotopic (exact) mass is 344 g/mol. The van der Waals surface area contributed by atoms with Gasteiger partial charge in [-0.3, -0.25) is 4.90 Å². The fourth-order valence-corrected chi connectivity index (χ4v) is 3.64. The molecular formula is C15H22BrClN2. The molecule has 3 unspecified atom stereocenters. The highest BCUT2D eigenvalue weighted by atomic mass is 79.9. The smallest absolute Gasteiger partial charge is 0.0488 e. The van der Waals surface area contributed by atoms with Crippen molar-refractivity contribution in [2.75, 3.05) is 13.1 Å². The summed E-state index contributed by atoms with van der Waals surface area (Å²) in [6, 6.07) is 6.79. The summed E-state index contributed by atoms with van der Waals surface area (Å²) in [4.78, 5) is 2.52. The van der Waals surface area contributed by atoms with Crippen molar-refractivity contribution >= 4 is 27.5 Å². The zero-order valence-corrected chi connectivity index (χ0v) is 13.9. The molecule has 1 aliphatic heterocycles. The van der Waals surface area contributed by atoms with E-state index in [2.05, 4.69) is 40.7 Å². The van der Waals surface area contributed by atoms with Crippen LogP contribution in [0.1, 0.15) is 38.3 Å². The van der Waals surface area contributed by atoms with Crippen molar-refractivity contribution in [2.24, 2.45) is 11.7 Å². The van der Waals surface area contributed by atoms with Gasteiger partial charge < -0.3 is 5.73 Å². The van der Waals surface area contributed by atoms with E-state index in [1.54, 1.807) is 0 Å². The Morgan fingerprint density at radius 2 is 2.21 bits per heavy atom. The third kappa shape index (κ3) is 3.33. The number of hydrogen-bond donors (Lipinski definition) is 1. The van der Waals surface area contributed by atoms with Gasteiger partial charge in [0.15, 0.2) is 0 Å². The maximum atomic E-state index is 6.37. The lowest BCUT2D eigenvalue weighted by Crippen LogP contribution is -2.46. The Morgan fingerprint density at radius 3 is 2.89 bits per heavy atom. The summed E-state index contributed by atoms with van der Waals surface area (Å²) < 4.78 is 1.06. The van der Waals surface area contributed by atoms with Crippen LogP contribution in [0.3, 0.4) is 0 Å². The molecule has 1 aliphatic rings. The van der Waals surface area contributed by atoms with Crippen molar-refractivity contribution < 1.29 is 0 Å². The Kier molecular flexibility index (Phi) is 5.29. The number of benzene rings is 1. The Labute approximate surface area is 129 Å². The molecule has 2 rings (SSSR count). The molecule has 4 heteroatoms. The molecule has 1 aromatic carbocycles. The van der Waals surface area contributed by atoms with E-state index in [4.69, 9.17) is 17.3 Å². The van der Waals surface area contributed by atoms with Crippen LogP contribution in [-0.4, -0.2) is 24.0 Å². The van der Waals surface area contributed by atoms with Crippen LogP contribution >= 0.6 is 27.5 Å². The van der Waals surface area contributed by atoms with Crippen LogP contribution in [-0.2, 0) is 0 Å². The van der Waals surface area contributed by atoms with E-state index in [9.17, 15) is 0 Å². The molecular weight excluding hydrogens is 324 g/mol. The summed E-state index contributed by atoms with van der Waals surface area (Å²) in [5, 5.41) is 0.809. The molecule has 0 aromatic heterocycles. The molecule has 1 aromatic rings. The number of likely N-dealkylation sites (tertiary alicyclic amines) is 1. The summed E-state index contributed by atoms with van der Waals surface area (Å²) in [5.74, 6) is 0.716. The van der Waals surface area contributed by atoms with Gasteiger partial charge in [0.2, 0.25) is 0 Å². The minimum absolute atomic E-state index is 0.211. The summed E-state index contributed by atoms with van der Waals surface area (Å²) >= 11 is 9.90. The minimum atomic E-state index is 0.211. The highest BCUT2D eigenvalue weighted by molar-refractivity contribution is 9.10. The Hall–Kier alpha value is -0.0900. The maximum Gasteiger partial charge on any atom is 0.0488 e. The van der Waals surface area contributed by atoms with Gasteiger partial charge in [-0.1, -0.05) is 34.5 Å². The van der Waals surface area contributed by atoms with Gasteiger partial charge in [0.05, 0.1) is 0 Å². The van der Waals surface area contributed by atoms with Crippen molar-refractivity contribution in [1.29, 1.82) is 0 Å². The first-order chi connectivity index (χ1) is 9.04. The van der Waals surface area contributed by atoms with Crippen LogP contribution in [0, 0.1) is 5.92 Å². The van der Waals surface area contributed by atoms with Gasteiger partial charge in [-0.05, 0) is 56.0 Å². The second-order valence-electron chi connectivity index (χ2n) is 5.52. The van der Waals surface area contributed by atoms with Gasteiger partial charge in [-0.15, -0.1) is 0 Å². The number of hydrogen-bond acceptors (Lipinski definition) is 2. The average Bonchev–Trinajstić information content (AvgIpc) is 2.39. The van der Waals surface area contributed by atoms with E-state index < -0.39 is 0 Å². The van der Waals surface area contributed by atoms with Gasteiger partial charge in [0.25, 0.3) is 0 Å². The first-order valence-corrected chi connectivity index (χ1v) is 8.12. The van der Waals surface area contributed by atoms with E-state index >= 15 is 0 Å². The molecule has 3 atom stereocenters. The molecule has 106 valence electrons. The quantitative estimate of drug-likeness (QED) is 0.888. The average molecular weight is 346 g/mol. The molecule has 0 bridgehead atoms. The maximum absolute atomic E-state index is 6.37. The first kappa shape index (κ1) is 15.3. The fraction of sp³-hybridized carbons (Fsp3) is 0.600. The Morgan fingerprint density at radius 1 is 1.47 bits per heavy atom. The molecule has 1 fully saturated rings. The van der Waals surface area contributed by atoms with Crippen LogP contribution < -0.4 is 5.73 Å². The predicted molar refractivity (Wildman–Crippen MR) is 85.5 cm³/mol. The summed E-state index contributed by atoms with van der Waals surface area (Å²) in [7, 11) is 0. The zero-order chi connectivity index (χ0) is 14.0. The fourth-order valence-electron chi connectivity index (χ4n) is 3.02. The van der Waals surface area contributed by atoms with E-state index in [1.807, 2.05) is 12.1 Å². The molecule has 0 amide bonds. The highest BCUT2D eigenvalue weighted by Gasteiger charge is 2.31. The third-order valence-electron chi connectivity index (χ3n) is 4.36. The largest absolute Gasteiger partial charge is 0.329 e. The van der Waals surface area contributed by atoms with Crippen LogP contribution in [0.25, 0.3) is 0 Å². The van der Waals surface area contributed by atoms with Crippen molar-refractivity contribution in [3.63, 3.8) is 0 Å². The van der Waals surface area contributed by atoms with Gasteiger partial charge in [-0.25, -0.2) is 0 Å². The van der Waals surface area contributed by atoms with E-state index in [0.29, 0.717) is 18.5 Å².